The third-order valence-corrected chi connectivity index (χ3v) is 3.05. The summed E-state index contributed by atoms with van der Waals surface area (Å²) in [4.78, 5) is 17.7. The van der Waals surface area contributed by atoms with E-state index in [1.165, 1.54) is 23.4 Å². The van der Waals surface area contributed by atoms with E-state index in [0.29, 0.717) is 18.5 Å². The molecule has 1 aliphatic heterocycles. The lowest BCUT2D eigenvalue weighted by Gasteiger charge is -2.19. The fraction of sp³-hybridized carbons (Fsp3) is 0.636. The Hall–Kier alpha value is -1.36. The van der Waals surface area contributed by atoms with Crippen molar-refractivity contribution < 1.29 is 4.74 Å². The first-order valence-corrected chi connectivity index (χ1v) is 5.52. The van der Waals surface area contributed by atoms with E-state index in [4.69, 9.17) is 4.74 Å². The van der Waals surface area contributed by atoms with Gasteiger partial charge in [0.25, 0.3) is 5.56 Å². The quantitative estimate of drug-likeness (QED) is 0.737. The van der Waals surface area contributed by atoms with Crippen LogP contribution in [0.4, 0.5) is 0 Å². The van der Waals surface area contributed by atoms with Crippen molar-refractivity contribution in [3.63, 3.8) is 0 Å². The van der Waals surface area contributed by atoms with Crippen molar-refractivity contribution in [3.05, 3.63) is 22.7 Å². The highest BCUT2D eigenvalue weighted by molar-refractivity contribution is 5.06. The molecule has 0 saturated carbocycles. The second kappa shape index (κ2) is 4.65. The van der Waals surface area contributed by atoms with E-state index < -0.39 is 0 Å². The summed E-state index contributed by atoms with van der Waals surface area (Å²) in [5.74, 6) is 0.420. The number of aryl methyl sites for hydroxylation is 1. The molecule has 0 bridgehead atoms. The molecule has 0 amide bonds. The molecule has 0 aliphatic carbocycles. The smallest absolute Gasteiger partial charge is 0.256 e. The van der Waals surface area contributed by atoms with Crippen molar-refractivity contribution in [2.75, 3.05) is 20.2 Å². The van der Waals surface area contributed by atoms with Crippen molar-refractivity contribution in [1.82, 2.24) is 14.5 Å². The standard InChI is InChI=1S/C11H17N3O2/c1-13-5-3-4-9(13)7-16-10-6-11(15)14(2)8-12-10/h6,8-9H,3-5,7H2,1-2H3. The highest BCUT2D eigenvalue weighted by Gasteiger charge is 2.21. The summed E-state index contributed by atoms with van der Waals surface area (Å²) < 4.78 is 6.96. The number of rotatable bonds is 3. The molecule has 0 N–H and O–H groups in total. The minimum absolute atomic E-state index is 0.0928. The summed E-state index contributed by atoms with van der Waals surface area (Å²) in [6.07, 6.45) is 3.85. The maximum Gasteiger partial charge on any atom is 0.256 e. The van der Waals surface area contributed by atoms with Crippen LogP contribution in [0.3, 0.4) is 0 Å². The summed E-state index contributed by atoms with van der Waals surface area (Å²) in [7, 11) is 3.77. The molecule has 16 heavy (non-hydrogen) atoms. The molecular weight excluding hydrogens is 206 g/mol. The molecule has 5 nitrogen and oxygen atoms in total. The number of hydrogen-bond acceptors (Lipinski definition) is 4. The molecule has 2 rings (SSSR count). The van der Waals surface area contributed by atoms with Crippen molar-refractivity contribution in [3.8, 4) is 5.88 Å². The zero-order valence-electron chi connectivity index (χ0n) is 9.72. The Kier molecular flexibility index (Phi) is 3.24. The van der Waals surface area contributed by atoms with Crippen molar-refractivity contribution >= 4 is 0 Å². The summed E-state index contributed by atoms with van der Waals surface area (Å²) in [6.45, 7) is 1.73. The predicted octanol–water partition coefficient (Wildman–Crippen LogP) is 0.253. The molecule has 2 heterocycles. The number of likely N-dealkylation sites (N-methyl/N-ethyl adjacent to an activating group) is 1. The maximum atomic E-state index is 11.3. The monoisotopic (exact) mass is 223 g/mol. The van der Waals surface area contributed by atoms with Crippen molar-refractivity contribution in [1.29, 1.82) is 0 Å². The van der Waals surface area contributed by atoms with E-state index in [1.54, 1.807) is 7.05 Å². The molecular formula is C11H17N3O2. The SMILES string of the molecule is CN1CCCC1COc1cc(=O)n(C)cn1. The summed E-state index contributed by atoms with van der Waals surface area (Å²) in [5.41, 5.74) is -0.0928. The van der Waals surface area contributed by atoms with Crippen LogP contribution in [-0.2, 0) is 7.05 Å². The first-order valence-electron chi connectivity index (χ1n) is 5.52. The van der Waals surface area contributed by atoms with Gasteiger partial charge >= 0.3 is 0 Å². The molecule has 1 fully saturated rings. The number of hydrogen-bond donors (Lipinski definition) is 0. The van der Waals surface area contributed by atoms with Gasteiger partial charge in [-0.2, -0.15) is 0 Å². The maximum absolute atomic E-state index is 11.3. The van der Waals surface area contributed by atoms with Gasteiger partial charge < -0.3 is 14.2 Å². The van der Waals surface area contributed by atoms with Gasteiger partial charge in [-0.15, -0.1) is 0 Å². The largest absolute Gasteiger partial charge is 0.476 e. The first-order chi connectivity index (χ1) is 7.66. The van der Waals surface area contributed by atoms with Gasteiger partial charge in [-0.1, -0.05) is 0 Å². The molecule has 0 radical (unpaired) electrons. The molecule has 5 heteroatoms. The van der Waals surface area contributed by atoms with Gasteiger partial charge in [0, 0.05) is 13.1 Å². The molecule has 0 aromatic carbocycles. The van der Waals surface area contributed by atoms with E-state index >= 15 is 0 Å². The summed E-state index contributed by atoms with van der Waals surface area (Å²) >= 11 is 0. The van der Waals surface area contributed by atoms with Crippen LogP contribution in [0.15, 0.2) is 17.2 Å². The molecule has 1 atom stereocenters. The number of nitrogens with zero attached hydrogens (tertiary/aromatic N) is 3. The lowest BCUT2D eigenvalue weighted by atomic mass is 10.2. The van der Waals surface area contributed by atoms with Crippen LogP contribution in [-0.4, -0.2) is 40.7 Å². The van der Waals surface area contributed by atoms with Gasteiger partial charge in [-0.3, -0.25) is 4.79 Å². The Morgan fingerprint density at radius 3 is 3.00 bits per heavy atom. The Morgan fingerprint density at radius 1 is 1.56 bits per heavy atom. The zero-order valence-corrected chi connectivity index (χ0v) is 9.72. The molecule has 1 saturated heterocycles. The van der Waals surface area contributed by atoms with Crippen molar-refractivity contribution in [2.24, 2.45) is 7.05 Å². The van der Waals surface area contributed by atoms with Crippen LogP contribution in [0.2, 0.25) is 0 Å². The molecule has 0 spiro atoms. The Bertz CT molecular complexity index is 416. The van der Waals surface area contributed by atoms with E-state index in [9.17, 15) is 4.79 Å². The molecule has 1 unspecified atom stereocenters. The van der Waals surface area contributed by atoms with Crippen LogP contribution < -0.4 is 10.3 Å². The molecule has 1 aromatic rings. The summed E-state index contributed by atoms with van der Waals surface area (Å²) in [5, 5.41) is 0. The minimum atomic E-state index is -0.0928. The molecule has 1 aliphatic rings. The fourth-order valence-corrected chi connectivity index (χ4v) is 1.90. The normalized spacial score (nSPS) is 21.2. The average Bonchev–Trinajstić information content (AvgIpc) is 2.66. The van der Waals surface area contributed by atoms with E-state index in [-0.39, 0.29) is 5.56 Å². The van der Waals surface area contributed by atoms with E-state index in [1.807, 2.05) is 0 Å². The molecule has 1 aromatic heterocycles. The van der Waals surface area contributed by atoms with Gasteiger partial charge in [0.05, 0.1) is 6.07 Å². The number of ether oxygens (including phenoxy) is 1. The number of aromatic nitrogens is 2. The Morgan fingerprint density at radius 2 is 2.38 bits per heavy atom. The summed E-state index contributed by atoms with van der Waals surface area (Å²) in [6, 6.07) is 1.88. The van der Waals surface area contributed by atoms with Crippen LogP contribution in [0.5, 0.6) is 5.88 Å². The van der Waals surface area contributed by atoms with Crippen LogP contribution in [0, 0.1) is 0 Å². The topological polar surface area (TPSA) is 47.4 Å². The molecule has 88 valence electrons. The predicted molar refractivity (Wildman–Crippen MR) is 60.6 cm³/mol. The van der Waals surface area contributed by atoms with Crippen molar-refractivity contribution in [2.45, 2.75) is 18.9 Å². The highest BCUT2D eigenvalue weighted by Crippen LogP contribution is 2.15. The number of likely N-dealkylation sites (tertiary alicyclic amines) is 1. The minimum Gasteiger partial charge on any atom is -0.476 e. The van der Waals surface area contributed by atoms with Gasteiger partial charge in [0.2, 0.25) is 5.88 Å². The third-order valence-electron chi connectivity index (χ3n) is 3.05. The van der Waals surface area contributed by atoms with Crippen LogP contribution in [0.1, 0.15) is 12.8 Å². The van der Waals surface area contributed by atoms with Gasteiger partial charge in [-0.05, 0) is 26.4 Å². The van der Waals surface area contributed by atoms with Crippen LogP contribution in [0.25, 0.3) is 0 Å². The van der Waals surface area contributed by atoms with Gasteiger partial charge in [0.15, 0.2) is 0 Å². The highest BCUT2D eigenvalue weighted by atomic mass is 16.5. The van der Waals surface area contributed by atoms with E-state index in [0.717, 1.165) is 13.0 Å². The lowest BCUT2D eigenvalue weighted by molar-refractivity contribution is 0.192. The fourth-order valence-electron chi connectivity index (χ4n) is 1.90. The average molecular weight is 223 g/mol. The zero-order chi connectivity index (χ0) is 11.5. The van der Waals surface area contributed by atoms with Gasteiger partial charge in [0.1, 0.15) is 12.9 Å². The Balaban J connectivity index is 1.94. The third kappa shape index (κ3) is 2.41. The first kappa shape index (κ1) is 11.1. The Labute approximate surface area is 94.7 Å². The van der Waals surface area contributed by atoms with Gasteiger partial charge in [-0.25, -0.2) is 4.98 Å². The lowest BCUT2D eigenvalue weighted by Crippen LogP contribution is -2.31. The van der Waals surface area contributed by atoms with Crippen LogP contribution >= 0.6 is 0 Å². The second-order valence-corrected chi connectivity index (χ2v) is 4.26. The van der Waals surface area contributed by atoms with E-state index in [2.05, 4.69) is 16.9 Å². The second-order valence-electron chi connectivity index (χ2n) is 4.26.